The second kappa shape index (κ2) is 19.6. The summed E-state index contributed by atoms with van der Waals surface area (Å²) >= 11 is 9.37. The first kappa shape index (κ1) is 47.3. The average molecular weight is 1010 g/mol. The van der Waals surface area contributed by atoms with E-state index in [-0.39, 0.29) is 36.7 Å². The monoisotopic (exact) mass is 1010 g/mol. The fourth-order valence-corrected chi connectivity index (χ4v) is 7.88. The van der Waals surface area contributed by atoms with E-state index in [2.05, 4.69) is 52.0 Å². The second-order valence-corrected chi connectivity index (χ2v) is 17.8. The molecule has 0 saturated heterocycles. The molecule has 0 radical (unpaired) electrons. The molecule has 0 unspecified atom stereocenters. The van der Waals surface area contributed by atoms with Crippen molar-refractivity contribution in [1.82, 2.24) is 34.5 Å². The summed E-state index contributed by atoms with van der Waals surface area (Å²) < 4.78 is 85.1. The molecular weight excluding hydrogens is 968 g/mol. The zero-order chi connectivity index (χ0) is 47.6. The molecule has 0 atom stereocenters. The number of carbonyl (C=O) groups is 2. The number of anilines is 2. The normalized spacial score (nSPS) is 13.9. The van der Waals surface area contributed by atoms with Crippen molar-refractivity contribution < 1.29 is 40.7 Å². The second-order valence-electron chi connectivity index (χ2n) is 16.6. The molecular formula is C47H43BrClF6N9O3. The van der Waals surface area contributed by atoms with Crippen LogP contribution in [-0.2, 0) is 0 Å². The van der Waals surface area contributed by atoms with Crippen molar-refractivity contribution in [2.75, 3.05) is 23.7 Å². The highest BCUT2D eigenvalue weighted by Crippen LogP contribution is 2.35. The number of benzene rings is 3. The van der Waals surface area contributed by atoms with Crippen molar-refractivity contribution >= 4 is 61.9 Å². The molecule has 3 aromatic carbocycles. The van der Waals surface area contributed by atoms with Crippen molar-refractivity contribution in [2.24, 2.45) is 5.92 Å². The first-order valence-corrected chi connectivity index (χ1v) is 22.6. The fourth-order valence-electron chi connectivity index (χ4n) is 7.32. The molecule has 350 valence electrons. The molecule has 2 saturated carbocycles. The van der Waals surface area contributed by atoms with E-state index in [9.17, 15) is 35.9 Å². The van der Waals surface area contributed by atoms with E-state index in [0.29, 0.717) is 67.3 Å². The Morgan fingerprint density at radius 2 is 1.31 bits per heavy atom. The van der Waals surface area contributed by atoms with Crippen molar-refractivity contribution in [3.63, 3.8) is 0 Å². The van der Waals surface area contributed by atoms with Crippen molar-refractivity contribution in [1.29, 1.82) is 0 Å². The van der Waals surface area contributed by atoms with Gasteiger partial charge in [0.2, 0.25) is 5.88 Å². The molecule has 4 aromatic heterocycles. The quantitative estimate of drug-likeness (QED) is 0.0676. The number of halogens is 8. The number of fused-ring (bicyclic) bond motifs is 2. The molecule has 2 aliphatic carbocycles. The molecule has 3 N–H and O–H groups in total. The molecule has 1 amide bonds. The van der Waals surface area contributed by atoms with Crippen LogP contribution in [0.2, 0.25) is 5.02 Å². The Balaban J connectivity index is 0.000000186. The lowest BCUT2D eigenvalue weighted by atomic mass is 9.98. The number of ether oxygens (including phenoxy) is 1. The average Bonchev–Trinajstić information content (AvgIpc) is 4.17. The zero-order valence-corrected chi connectivity index (χ0v) is 38.4. The van der Waals surface area contributed by atoms with Gasteiger partial charge < -0.3 is 20.7 Å². The summed E-state index contributed by atoms with van der Waals surface area (Å²) in [6.45, 7) is 3.15. The van der Waals surface area contributed by atoms with Crippen LogP contribution in [0.15, 0.2) is 89.8 Å². The third-order valence-electron chi connectivity index (χ3n) is 11.0. The molecule has 67 heavy (non-hydrogen) atoms. The van der Waals surface area contributed by atoms with Crippen LogP contribution in [0.5, 0.6) is 11.6 Å². The number of hydrogen-bond acceptors (Lipinski definition) is 9. The van der Waals surface area contributed by atoms with Gasteiger partial charge in [0.15, 0.2) is 17.1 Å². The fraction of sp³-hybridized carbons (Fsp3) is 0.319. The number of hydrogen-bond donors (Lipinski definition) is 3. The van der Waals surface area contributed by atoms with Crippen LogP contribution in [0.25, 0.3) is 33.8 Å². The number of alkyl halides is 6. The van der Waals surface area contributed by atoms with Crippen molar-refractivity contribution in [3.8, 4) is 34.1 Å². The van der Waals surface area contributed by atoms with Gasteiger partial charge in [-0.3, -0.25) is 9.59 Å². The highest BCUT2D eigenvalue weighted by Gasteiger charge is 2.29. The van der Waals surface area contributed by atoms with Crippen LogP contribution in [0, 0.1) is 19.8 Å². The number of ketones is 1. The molecule has 7 aromatic rings. The summed E-state index contributed by atoms with van der Waals surface area (Å²) in [7, 11) is 0. The Morgan fingerprint density at radius 1 is 0.746 bits per heavy atom. The Kier molecular flexibility index (Phi) is 13.8. The highest BCUT2D eigenvalue weighted by atomic mass is 79.9. The Labute approximate surface area is 393 Å². The number of carbonyl (C=O) groups excluding carboxylic acids is 2. The van der Waals surface area contributed by atoms with E-state index in [0.717, 1.165) is 53.5 Å². The molecule has 2 aliphatic rings. The smallest absolute Gasteiger partial charge is 0.390 e. The summed E-state index contributed by atoms with van der Waals surface area (Å²) in [5, 5.41) is 18.0. The number of rotatable bonds is 15. The topological polar surface area (TPSA) is 140 Å². The van der Waals surface area contributed by atoms with E-state index in [4.69, 9.17) is 16.3 Å². The molecule has 0 aliphatic heterocycles. The van der Waals surface area contributed by atoms with Gasteiger partial charge in [0.05, 0.1) is 48.0 Å². The Morgan fingerprint density at radius 3 is 1.85 bits per heavy atom. The van der Waals surface area contributed by atoms with E-state index < -0.39 is 25.2 Å². The van der Waals surface area contributed by atoms with Crippen LogP contribution in [0.1, 0.15) is 76.8 Å². The van der Waals surface area contributed by atoms with E-state index >= 15 is 0 Å². The van der Waals surface area contributed by atoms with Gasteiger partial charge in [-0.25, -0.2) is 19.0 Å². The summed E-state index contributed by atoms with van der Waals surface area (Å²) in [6, 6.07) is 21.1. The van der Waals surface area contributed by atoms with Gasteiger partial charge in [0.25, 0.3) is 5.91 Å². The summed E-state index contributed by atoms with van der Waals surface area (Å²) in [5.74, 6) is 1.14. The number of aryl methyl sites for hydroxylation is 2. The maximum Gasteiger partial charge on any atom is 0.390 e. The lowest BCUT2D eigenvalue weighted by molar-refractivity contribution is -0.132. The number of nitrogens with zero attached hydrogens (tertiary/aromatic N) is 6. The summed E-state index contributed by atoms with van der Waals surface area (Å²) in [4.78, 5) is 33.8. The minimum Gasteiger partial charge on any atom is -0.437 e. The molecule has 20 heteroatoms. The number of amides is 1. The molecule has 12 nitrogen and oxygen atoms in total. The Hall–Kier alpha value is -6.21. The van der Waals surface area contributed by atoms with Gasteiger partial charge in [-0.1, -0.05) is 35.9 Å². The van der Waals surface area contributed by atoms with E-state index in [1.165, 1.54) is 10.6 Å². The number of Topliss-reactive ketones (excluding diaryl/α,β-unsaturated/α-hetero) is 1. The molecule has 0 bridgehead atoms. The van der Waals surface area contributed by atoms with Gasteiger partial charge in [-0.2, -0.15) is 31.4 Å². The van der Waals surface area contributed by atoms with Gasteiger partial charge in [-0.15, -0.1) is 5.10 Å². The minimum absolute atomic E-state index is 0.115. The van der Waals surface area contributed by atoms with Gasteiger partial charge in [0, 0.05) is 58.9 Å². The molecule has 0 spiro atoms. The minimum atomic E-state index is -4.30. The third-order valence-corrected chi connectivity index (χ3v) is 11.6. The van der Waals surface area contributed by atoms with Crippen LogP contribution < -0.4 is 20.7 Å². The standard InChI is InChI=1S/C26H23ClF3N5O2.C21H20BrF3N4O/c1-15-11-16(5-8-20(15)25(36)33-18-6-7-18)22-14-32-24-21(31-10-9-26(28,29)30)13-23(34-35(22)24)37-19-4-2-3-17(27)12-19;1-12-8-14(4-5-15(12)18(30)9-13-2-3-13)17-11-27-20-16(10-19(22)28-29(17)20)26-7-6-21(23,24)25/h2-5,8,11-14,18,31H,6-7,9-10H2,1H3,(H,33,36);4-5,8,10-11,13,26H,2-3,6-7,9H2,1H3. The van der Waals surface area contributed by atoms with E-state index in [1.807, 2.05) is 38.1 Å². The summed E-state index contributed by atoms with van der Waals surface area (Å²) in [5.41, 5.74) is 7.37. The molecule has 2 fully saturated rings. The first-order valence-electron chi connectivity index (χ1n) is 21.4. The van der Waals surface area contributed by atoms with Gasteiger partial charge in [-0.05, 0) is 115 Å². The third kappa shape index (κ3) is 12.2. The van der Waals surface area contributed by atoms with Crippen LogP contribution in [-0.4, -0.2) is 72.4 Å². The Bertz CT molecular complexity index is 2970. The van der Waals surface area contributed by atoms with E-state index in [1.54, 1.807) is 59.4 Å². The lowest BCUT2D eigenvalue weighted by Gasteiger charge is -2.13. The number of nitrogens with one attached hydrogen (secondary N) is 3. The highest BCUT2D eigenvalue weighted by molar-refractivity contribution is 9.10. The SMILES string of the molecule is Cc1cc(-c2cnc3c(NCCC(F)(F)F)cc(Br)nn23)ccc1C(=O)CC1CC1.Cc1cc(-c2cnc3c(NCCC(F)(F)F)cc(Oc4cccc(Cl)c4)nn23)ccc1C(=O)NC1CC1. The van der Waals surface area contributed by atoms with Gasteiger partial charge in [0.1, 0.15) is 10.4 Å². The maximum absolute atomic E-state index is 12.8. The first-order chi connectivity index (χ1) is 31.9. The molecule has 4 heterocycles. The van der Waals surface area contributed by atoms with Crippen LogP contribution >= 0.6 is 27.5 Å². The predicted octanol–water partition coefficient (Wildman–Crippen LogP) is 12.2. The zero-order valence-electron chi connectivity index (χ0n) is 36.0. The maximum atomic E-state index is 12.8. The molecule has 9 rings (SSSR count). The lowest BCUT2D eigenvalue weighted by Crippen LogP contribution is -2.26. The number of imidazole rings is 2. The van der Waals surface area contributed by atoms with Gasteiger partial charge >= 0.3 is 12.4 Å². The van der Waals surface area contributed by atoms with Crippen LogP contribution in [0.4, 0.5) is 37.7 Å². The number of aromatic nitrogens is 6. The largest absolute Gasteiger partial charge is 0.437 e. The van der Waals surface area contributed by atoms with Crippen molar-refractivity contribution in [3.05, 3.63) is 117 Å². The van der Waals surface area contributed by atoms with Crippen LogP contribution in [0.3, 0.4) is 0 Å². The summed E-state index contributed by atoms with van der Waals surface area (Å²) in [6.07, 6.45) is -2.43. The van der Waals surface area contributed by atoms with Crippen molar-refractivity contribution in [2.45, 2.75) is 77.2 Å². The predicted molar refractivity (Wildman–Crippen MR) is 246 cm³/mol.